The fourth-order valence-electron chi connectivity index (χ4n) is 2.28. The molecule has 0 saturated carbocycles. The summed E-state index contributed by atoms with van der Waals surface area (Å²) in [5.41, 5.74) is 1.10. The molecule has 0 aliphatic rings. The predicted octanol–water partition coefficient (Wildman–Crippen LogP) is 2.62. The number of esters is 2. The number of hydrogen-bond donors (Lipinski definition) is 1. The van der Waals surface area contributed by atoms with E-state index in [0.717, 1.165) is 12.0 Å². The van der Waals surface area contributed by atoms with Crippen LogP contribution in [0.2, 0.25) is 0 Å². The van der Waals surface area contributed by atoms with Crippen molar-refractivity contribution in [1.29, 1.82) is 0 Å². The lowest BCUT2D eigenvalue weighted by atomic mass is 10.1. The van der Waals surface area contributed by atoms with E-state index in [9.17, 15) is 18.0 Å². The first-order chi connectivity index (χ1) is 12.3. The van der Waals surface area contributed by atoms with Gasteiger partial charge >= 0.3 is 11.9 Å². The van der Waals surface area contributed by atoms with Gasteiger partial charge in [0.1, 0.15) is 0 Å². The number of hydrogen-bond acceptors (Lipinski definition) is 6. The van der Waals surface area contributed by atoms with Gasteiger partial charge in [-0.05, 0) is 42.3 Å². The van der Waals surface area contributed by atoms with Crippen molar-refractivity contribution in [1.82, 2.24) is 0 Å². The van der Waals surface area contributed by atoms with Gasteiger partial charge in [-0.1, -0.05) is 19.1 Å². The summed E-state index contributed by atoms with van der Waals surface area (Å²) in [6.07, 6.45) is 0.789. The summed E-state index contributed by atoms with van der Waals surface area (Å²) in [6, 6.07) is 10.3. The summed E-state index contributed by atoms with van der Waals surface area (Å²) < 4.78 is 36.7. The topological polar surface area (TPSA) is 98.8 Å². The van der Waals surface area contributed by atoms with Gasteiger partial charge in [0.2, 0.25) is 0 Å². The molecule has 0 bridgehead atoms. The molecule has 2 rings (SSSR count). The van der Waals surface area contributed by atoms with Crippen LogP contribution in [-0.4, -0.2) is 34.6 Å². The molecule has 138 valence electrons. The second-order valence-electron chi connectivity index (χ2n) is 5.39. The van der Waals surface area contributed by atoms with Crippen LogP contribution in [0.3, 0.4) is 0 Å². The van der Waals surface area contributed by atoms with Gasteiger partial charge < -0.3 is 9.47 Å². The average Bonchev–Trinajstić information content (AvgIpc) is 2.66. The van der Waals surface area contributed by atoms with Crippen LogP contribution in [-0.2, 0) is 25.9 Å². The Morgan fingerprint density at radius 2 is 1.42 bits per heavy atom. The number of anilines is 1. The minimum Gasteiger partial charge on any atom is -0.465 e. The highest BCUT2D eigenvalue weighted by Crippen LogP contribution is 2.21. The summed E-state index contributed by atoms with van der Waals surface area (Å²) >= 11 is 0. The maximum Gasteiger partial charge on any atom is 0.337 e. The van der Waals surface area contributed by atoms with Crippen molar-refractivity contribution in [2.75, 3.05) is 18.9 Å². The van der Waals surface area contributed by atoms with Crippen molar-refractivity contribution in [2.45, 2.75) is 18.2 Å². The number of nitrogens with one attached hydrogen (secondary N) is 1. The Hall–Kier alpha value is -2.87. The maximum atomic E-state index is 12.6. The number of sulfonamides is 1. The molecule has 1 N–H and O–H groups in total. The van der Waals surface area contributed by atoms with E-state index in [1.807, 2.05) is 6.92 Å². The van der Waals surface area contributed by atoms with E-state index >= 15 is 0 Å². The molecule has 0 atom stereocenters. The summed E-state index contributed by atoms with van der Waals surface area (Å²) in [6.45, 7) is 1.97. The minimum atomic E-state index is -3.89. The van der Waals surface area contributed by atoms with Gasteiger partial charge in [0.05, 0.1) is 35.9 Å². The minimum absolute atomic E-state index is 0.0226. The van der Waals surface area contributed by atoms with Crippen molar-refractivity contribution >= 4 is 27.6 Å². The van der Waals surface area contributed by atoms with Gasteiger partial charge in [0, 0.05) is 0 Å². The van der Waals surface area contributed by atoms with Crippen molar-refractivity contribution in [2.24, 2.45) is 0 Å². The Morgan fingerprint density at radius 1 is 0.923 bits per heavy atom. The summed E-state index contributed by atoms with van der Waals surface area (Å²) in [5.74, 6) is -1.41. The fraction of sp³-hybridized carbons (Fsp3) is 0.222. The molecule has 0 radical (unpaired) electrons. The first-order valence-electron chi connectivity index (χ1n) is 7.74. The highest BCUT2D eigenvalue weighted by molar-refractivity contribution is 7.92. The molecule has 8 heteroatoms. The van der Waals surface area contributed by atoms with Crippen molar-refractivity contribution in [3.05, 3.63) is 59.2 Å². The van der Waals surface area contributed by atoms with Crippen molar-refractivity contribution in [3.8, 4) is 0 Å². The number of aryl methyl sites for hydroxylation is 1. The standard InChI is InChI=1S/C18H19NO6S/c1-4-12-5-7-16(8-6-12)26(22,23)19-15-10-13(17(20)24-2)9-14(11-15)18(21)25-3/h5-11,19H,4H2,1-3H3. The molecular weight excluding hydrogens is 358 g/mol. The number of rotatable bonds is 6. The van der Waals surface area contributed by atoms with E-state index in [1.54, 1.807) is 12.1 Å². The molecule has 26 heavy (non-hydrogen) atoms. The second kappa shape index (κ2) is 8.01. The molecule has 0 aromatic heterocycles. The number of carbonyl (C=O) groups excluding carboxylic acids is 2. The quantitative estimate of drug-likeness (QED) is 0.777. The zero-order chi connectivity index (χ0) is 19.3. The molecule has 7 nitrogen and oxygen atoms in total. The molecule has 0 aliphatic carbocycles. The third-order valence-electron chi connectivity index (χ3n) is 3.67. The van der Waals surface area contributed by atoms with Crippen LogP contribution in [0.4, 0.5) is 5.69 Å². The van der Waals surface area contributed by atoms with Crippen LogP contribution in [0.15, 0.2) is 47.4 Å². The molecular formula is C18H19NO6S. The first-order valence-corrected chi connectivity index (χ1v) is 9.22. The number of carbonyl (C=O) groups is 2. The molecule has 2 aromatic rings. The Labute approximate surface area is 152 Å². The number of methoxy groups -OCH3 is 2. The zero-order valence-electron chi connectivity index (χ0n) is 14.6. The summed E-state index contributed by atoms with van der Waals surface area (Å²) in [4.78, 5) is 23.6. The third-order valence-corrected chi connectivity index (χ3v) is 5.07. The van der Waals surface area contributed by atoms with Crippen LogP contribution in [0.1, 0.15) is 33.2 Å². The van der Waals surface area contributed by atoms with Crippen LogP contribution in [0.25, 0.3) is 0 Å². The summed E-state index contributed by atoms with van der Waals surface area (Å²) in [5, 5.41) is 0. The Balaban J connectivity index is 2.42. The van der Waals surface area contributed by atoms with E-state index in [4.69, 9.17) is 0 Å². The normalized spacial score (nSPS) is 10.9. The molecule has 2 aromatic carbocycles. The van der Waals surface area contributed by atoms with E-state index < -0.39 is 22.0 Å². The van der Waals surface area contributed by atoms with Gasteiger partial charge in [-0.25, -0.2) is 18.0 Å². The van der Waals surface area contributed by atoms with Crippen LogP contribution >= 0.6 is 0 Å². The van der Waals surface area contributed by atoms with Gasteiger partial charge in [0.25, 0.3) is 10.0 Å². The van der Waals surface area contributed by atoms with E-state index in [1.165, 1.54) is 44.6 Å². The fourth-order valence-corrected chi connectivity index (χ4v) is 3.32. The first kappa shape index (κ1) is 19.5. The monoisotopic (exact) mass is 377 g/mol. The molecule has 0 unspecified atom stereocenters. The third kappa shape index (κ3) is 4.40. The van der Waals surface area contributed by atoms with Crippen LogP contribution in [0.5, 0.6) is 0 Å². The second-order valence-corrected chi connectivity index (χ2v) is 7.07. The SMILES string of the molecule is CCc1ccc(S(=O)(=O)Nc2cc(C(=O)OC)cc(C(=O)OC)c2)cc1. The largest absolute Gasteiger partial charge is 0.465 e. The predicted molar refractivity (Wildman–Crippen MR) is 95.7 cm³/mol. The average molecular weight is 377 g/mol. The highest BCUT2D eigenvalue weighted by atomic mass is 32.2. The van der Waals surface area contributed by atoms with E-state index in [2.05, 4.69) is 14.2 Å². The lowest BCUT2D eigenvalue weighted by Gasteiger charge is -2.11. The smallest absolute Gasteiger partial charge is 0.337 e. The van der Waals surface area contributed by atoms with Crippen molar-refractivity contribution in [3.63, 3.8) is 0 Å². The number of benzene rings is 2. The maximum absolute atomic E-state index is 12.6. The molecule has 0 spiro atoms. The molecule has 0 saturated heterocycles. The van der Waals surface area contributed by atoms with E-state index in [0.29, 0.717) is 0 Å². The Bertz CT molecular complexity index is 885. The summed E-state index contributed by atoms with van der Waals surface area (Å²) in [7, 11) is -1.52. The lowest BCUT2D eigenvalue weighted by Crippen LogP contribution is -2.15. The molecule has 0 fully saturated rings. The number of ether oxygens (including phenoxy) is 2. The van der Waals surface area contributed by atoms with Gasteiger partial charge in [-0.15, -0.1) is 0 Å². The van der Waals surface area contributed by atoms with Crippen LogP contribution < -0.4 is 4.72 Å². The van der Waals surface area contributed by atoms with Gasteiger partial charge in [-0.2, -0.15) is 0 Å². The van der Waals surface area contributed by atoms with Gasteiger partial charge in [0.15, 0.2) is 0 Å². The van der Waals surface area contributed by atoms with E-state index in [-0.39, 0.29) is 21.7 Å². The zero-order valence-corrected chi connectivity index (χ0v) is 15.4. The molecule has 0 aliphatic heterocycles. The van der Waals surface area contributed by atoms with Gasteiger partial charge in [-0.3, -0.25) is 4.72 Å². The van der Waals surface area contributed by atoms with Crippen LogP contribution in [0, 0.1) is 0 Å². The Morgan fingerprint density at radius 3 is 1.85 bits per heavy atom. The lowest BCUT2D eigenvalue weighted by molar-refractivity contribution is 0.0599. The van der Waals surface area contributed by atoms with Crippen molar-refractivity contribution < 1.29 is 27.5 Å². The molecule has 0 heterocycles. The highest BCUT2D eigenvalue weighted by Gasteiger charge is 2.18. The molecule has 0 amide bonds. The Kier molecular flexibility index (Phi) is 5.99.